The van der Waals surface area contributed by atoms with Crippen LogP contribution in [0.25, 0.3) is 22.0 Å². The molecule has 3 heterocycles. The van der Waals surface area contributed by atoms with Gasteiger partial charge in [-0.2, -0.15) is 0 Å². The van der Waals surface area contributed by atoms with Crippen molar-refractivity contribution in [1.82, 2.24) is 24.1 Å². The summed E-state index contributed by atoms with van der Waals surface area (Å²) in [4.78, 5) is 17.6. The van der Waals surface area contributed by atoms with Crippen molar-refractivity contribution in [3.8, 4) is 22.8 Å². The fraction of sp³-hybridized carbons (Fsp3) is 0.0909. The third kappa shape index (κ3) is 3.90. The van der Waals surface area contributed by atoms with E-state index in [2.05, 4.69) is 15.2 Å². The number of rotatable bonds is 6. The van der Waals surface area contributed by atoms with Gasteiger partial charge in [-0.05, 0) is 36.4 Å². The van der Waals surface area contributed by atoms with Gasteiger partial charge in [0.15, 0.2) is 15.9 Å². The molecule has 10 heteroatoms. The Hall–Kier alpha value is -3.14. The van der Waals surface area contributed by atoms with Crippen molar-refractivity contribution in [2.45, 2.75) is 10.9 Å². The minimum atomic E-state index is -0.0965. The number of para-hydroxylation sites is 1. The Kier molecular flexibility index (Phi) is 5.69. The van der Waals surface area contributed by atoms with Gasteiger partial charge in [0.2, 0.25) is 0 Å². The van der Waals surface area contributed by atoms with Crippen LogP contribution in [0, 0.1) is 0 Å². The molecule has 0 bridgehead atoms. The summed E-state index contributed by atoms with van der Waals surface area (Å²) in [6.07, 6.45) is 1.73. The fourth-order valence-corrected chi connectivity index (χ4v) is 5.00. The maximum atomic E-state index is 12.3. The lowest BCUT2D eigenvalue weighted by atomic mass is 10.2. The number of halogens is 1. The highest BCUT2D eigenvalue weighted by Gasteiger charge is 2.19. The maximum Gasteiger partial charge on any atom is 0.258 e. The monoisotopic (exact) mass is 481 g/mol. The number of thiazole rings is 1. The van der Waals surface area contributed by atoms with E-state index < -0.39 is 0 Å². The number of benzene rings is 2. The van der Waals surface area contributed by atoms with Crippen LogP contribution in [0.1, 0.15) is 5.69 Å². The summed E-state index contributed by atoms with van der Waals surface area (Å²) in [6.45, 7) is 0. The molecule has 5 aromatic rings. The van der Waals surface area contributed by atoms with Gasteiger partial charge in [-0.3, -0.25) is 13.8 Å². The molecule has 32 heavy (non-hydrogen) atoms. The molecule has 0 aliphatic carbocycles. The highest BCUT2D eigenvalue weighted by molar-refractivity contribution is 7.98. The van der Waals surface area contributed by atoms with Crippen molar-refractivity contribution >= 4 is 39.7 Å². The van der Waals surface area contributed by atoms with Crippen LogP contribution < -0.4 is 10.3 Å². The van der Waals surface area contributed by atoms with Gasteiger partial charge < -0.3 is 4.74 Å². The van der Waals surface area contributed by atoms with E-state index in [1.807, 2.05) is 58.5 Å². The number of hydrogen-bond donors (Lipinski definition) is 0. The zero-order valence-electron chi connectivity index (χ0n) is 16.8. The van der Waals surface area contributed by atoms with Crippen LogP contribution in [-0.2, 0) is 5.75 Å². The van der Waals surface area contributed by atoms with E-state index in [0.717, 1.165) is 11.3 Å². The molecule has 160 valence electrons. The average Bonchev–Trinajstić information content (AvgIpc) is 3.45. The van der Waals surface area contributed by atoms with Crippen molar-refractivity contribution in [3.63, 3.8) is 0 Å². The summed E-state index contributed by atoms with van der Waals surface area (Å²) < 4.78 is 9.03. The van der Waals surface area contributed by atoms with Gasteiger partial charge in [-0.1, -0.05) is 35.5 Å². The summed E-state index contributed by atoms with van der Waals surface area (Å²) in [5.41, 5.74) is 2.28. The molecule has 0 N–H and O–H groups in total. The number of methoxy groups -OCH3 is 1. The third-order valence-electron chi connectivity index (χ3n) is 4.77. The average molecular weight is 482 g/mol. The van der Waals surface area contributed by atoms with Crippen LogP contribution in [0.15, 0.2) is 76.1 Å². The summed E-state index contributed by atoms with van der Waals surface area (Å²) in [5, 5.41) is 12.1. The Labute approximate surface area is 196 Å². The molecule has 0 spiro atoms. The van der Waals surface area contributed by atoms with E-state index in [9.17, 15) is 4.79 Å². The van der Waals surface area contributed by atoms with E-state index >= 15 is 0 Å². The first kappa shape index (κ1) is 20.7. The van der Waals surface area contributed by atoms with Gasteiger partial charge in [0.05, 0.1) is 18.4 Å². The highest BCUT2D eigenvalue weighted by Crippen LogP contribution is 2.34. The minimum Gasteiger partial charge on any atom is -0.496 e. The predicted molar refractivity (Wildman–Crippen MR) is 127 cm³/mol. The molecular formula is C22H16ClN5O2S2. The minimum absolute atomic E-state index is 0.0965. The van der Waals surface area contributed by atoms with Crippen molar-refractivity contribution < 1.29 is 4.74 Å². The molecule has 7 nitrogen and oxygen atoms in total. The number of nitrogens with zero attached hydrogens (tertiary/aromatic N) is 5. The number of hydrogen-bond acceptors (Lipinski definition) is 7. The van der Waals surface area contributed by atoms with Gasteiger partial charge >= 0.3 is 0 Å². The topological polar surface area (TPSA) is 74.3 Å². The molecule has 2 aromatic carbocycles. The first-order chi connectivity index (χ1) is 15.6. The van der Waals surface area contributed by atoms with E-state index in [4.69, 9.17) is 16.3 Å². The second-order valence-corrected chi connectivity index (χ2v) is 9.00. The first-order valence-corrected chi connectivity index (χ1v) is 11.8. The Bertz CT molecular complexity index is 1460. The van der Waals surface area contributed by atoms with Crippen molar-refractivity contribution in [2.75, 3.05) is 7.11 Å². The highest BCUT2D eigenvalue weighted by atomic mass is 35.5. The second kappa shape index (κ2) is 8.78. The van der Waals surface area contributed by atoms with Crippen LogP contribution >= 0.6 is 34.7 Å². The van der Waals surface area contributed by atoms with Crippen molar-refractivity contribution in [2.24, 2.45) is 0 Å². The first-order valence-electron chi connectivity index (χ1n) is 9.57. The zero-order chi connectivity index (χ0) is 22.1. The summed E-state index contributed by atoms with van der Waals surface area (Å²) in [6, 6.07) is 16.7. The lowest BCUT2D eigenvalue weighted by Gasteiger charge is -2.12. The largest absolute Gasteiger partial charge is 0.496 e. The summed E-state index contributed by atoms with van der Waals surface area (Å²) >= 11 is 8.99. The molecule has 0 radical (unpaired) electrons. The fourth-order valence-electron chi connectivity index (χ4n) is 3.29. The molecule has 0 saturated carbocycles. The van der Waals surface area contributed by atoms with Crippen molar-refractivity contribution in [1.29, 1.82) is 0 Å². The maximum absolute atomic E-state index is 12.3. The van der Waals surface area contributed by atoms with Crippen LogP contribution in [0.5, 0.6) is 5.75 Å². The predicted octanol–water partition coefficient (Wildman–Crippen LogP) is 4.96. The smallest absolute Gasteiger partial charge is 0.258 e. The van der Waals surface area contributed by atoms with E-state index in [0.29, 0.717) is 38.2 Å². The number of ether oxygens (including phenoxy) is 1. The molecule has 3 aromatic heterocycles. The molecule has 5 rings (SSSR count). The van der Waals surface area contributed by atoms with Gasteiger partial charge in [-0.15, -0.1) is 21.5 Å². The molecule has 0 amide bonds. The van der Waals surface area contributed by atoms with Gasteiger partial charge in [-0.25, -0.2) is 4.98 Å². The SMILES string of the molecule is COc1ccccc1-c1nnc(SCc2cc(=O)n3ccsc3n2)n1-c1ccc(Cl)cc1. The number of fused-ring (bicyclic) bond motifs is 1. The quantitative estimate of drug-likeness (QED) is 0.319. The molecule has 0 saturated heterocycles. The van der Waals surface area contributed by atoms with Crippen LogP contribution in [0.2, 0.25) is 5.02 Å². The van der Waals surface area contributed by atoms with Crippen molar-refractivity contribution in [3.05, 3.63) is 87.2 Å². The van der Waals surface area contributed by atoms with Gasteiger partial charge in [0.25, 0.3) is 5.56 Å². The molecule has 0 unspecified atom stereocenters. The molecular weight excluding hydrogens is 466 g/mol. The molecule has 0 fully saturated rings. The second-order valence-electron chi connectivity index (χ2n) is 6.75. The molecule has 0 aliphatic heterocycles. The summed E-state index contributed by atoms with van der Waals surface area (Å²) in [7, 11) is 1.63. The molecule has 0 aliphatic rings. The Morgan fingerprint density at radius 3 is 2.75 bits per heavy atom. The van der Waals surface area contributed by atoms with Gasteiger partial charge in [0, 0.05) is 34.1 Å². The van der Waals surface area contributed by atoms with E-state index in [-0.39, 0.29) is 5.56 Å². The molecule has 0 atom stereocenters. The lowest BCUT2D eigenvalue weighted by molar-refractivity contribution is 0.416. The Balaban J connectivity index is 1.56. The Morgan fingerprint density at radius 1 is 1.12 bits per heavy atom. The van der Waals surface area contributed by atoms with Gasteiger partial charge in [0.1, 0.15) is 5.75 Å². The number of thioether (sulfide) groups is 1. The number of aromatic nitrogens is 5. The van der Waals surface area contributed by atoms with E-state index in [1.165, 1.54) is 27.5 Å². The van der Waals surface area contributed by atoms with Crippen LogP contribution in [0.4, 0.5) is 0 Å². The van der Waals surface area contributed by atoms with Crippen LogP contribution in [-0.4, -0.2) is 31.3 Å². The zero-order valence-corrected chi connectivity index (χ0v) is 19.2. The van der Waals surface area contributed by atoms with Crippen LogP contribution in [0.3, 0.4) is 0 Å². The Morgan fingerprint density at radius 2 is 1.94 bits per heavy atom. The summed E-state index contributed by atoms with van der Waals surface area (Å²) in [5.74, 6) is 1.82. The lowest BCUT2D eigenvalue weighted by Crippen LogP contribution is -2.12. The normalized spacial score (nSPS) is 11.2. The van der Waals surface area contributed by atoms with E-state index in [1.54, 1.807) is 19.4 Å². The standard InChI is InChI=1S/C22H16ClN5O2S2/c1-30-18-5-3-2-4-17(18)20-25-26-22(28(20)16-8-6-14(23)7-9-16)32-13-15-12-19(29)27-10-11-31-21(27)24-15/h2-12H,13H2,1H3. The third-order valence-corrected chi connectivity index (χ3v) is 6.74.